The third-order valence-electron chi connectivity index (χ3n) is 3.85. The molecule has 1 amide bonds. The van der Waals surface area contributed by atoms with Crippen molar-refractivity contribution in [3.05, 3.63) is 58.1 Å². The smallest absolute Gasteiger partial charge is 0.227 e. The van der Waals surface area contributed by atoms with E-state index in [-0.39, 0.29) is 11.9 Å². The van der Waals surface area contributed by atoms with Gasteiger partial charge < -0.3 is 9.84 Å². The number of carbonyl (C=O) groups is 1. The zero-order valence-electron chi connectivity index (χ0n) is 13.7. The Morgan fingerprint density at radius 1 is 1.33 bits per heavy atom. The minimum atomic E-state index is -0.0268. The average molecular weight is 341 g/mol. The highest BCUT2D eigenvalue weighted by atomic mass is 32.1. The molecule has 5 nitrogen and oxygen atoms in total. The molecule has 0 aliphatic carbocycles. The molecule has 0 saturated carbocycles. The number of aromatic nitrogens is 2. The number of rotatable bonds is 6. The van der Waals surface area contributed by atoms with Gasteiger partial charge in [0, 0.05) is 23.8 Å². The highest BCUT2D eigenvalue weighted by Crippen LogP contribution is 2.19. The summed E-state index contributed by atoms with van der Waals surface area (Å²) in [5.74, 6) is 1.02. The molecule has 6 heteroatoms. The number of amides is 1. The van der Waals surface area contributed by atoms with Gasteiger partial charge in [-0.15, -0.1) is 0 Å². The summed E-state index contributed by atoms with van der Waals surface area (Å²) in [5, 5.41) is 10.9. The predicted molar refractivity (Wildman–Crippen MR) is 93.7 cm³/mol. The lowest BCUT2D eigenvalue weighted by molar-refractivity contribution is -0.121. The molecule has 0 saturated heterocycles. The van der Waals surface area contributed by atoms with E-state index < -0.39 is 0 Å². The lowest BCUT2D eigenvalue weighted by Crippen LogP contribution is -2.27. The molecule has 0 aliphatic heterocycles. The van der Waals surface area contributed by atoms with E-state index >= 15 is 0 Å². The van der Waals surface area contributed by atoms with Crippen LogP contribution in [0.4, 0.5) is 0 Å². The van der Waals surface area contributed by atoms with Crippen LogP contribution in [0.25, 0.3) is 11.4 Å². The molecule has 2 heterocycles. The summed E-state index contributed by atoms with van der Waals surface area (Å²) in [6.45, 7) is 4.03. The van der Waals surface area contributed by atoms with Gasteiger partial charge in [-0.3, -0.25) is 4.79 Å². The van der Waals surface area contributed by atoms with Gasteiger partial charge in [0.15, 0.2) is 0 Å². The highest BCUT2D eigenvalue weighted by Gasteiger charge is 2.14. The minimum absolute atomic E-state index is 0.0252. The first kappa shape index (κ1) is 16.4. The van der Waals surface area contributed by atoms with Gasteiger partial charge in [-0.25, -0.2) is 0 Å². The van der Waals surface area contributed by atoms with Crippen molar-refractivity contribution in [1.29, 1.82) is 0 Å². The van der Waals surface area contributed by atoms with Gasteiger partial charge in [0.2, 0.25) is 17.6 Å². The van der Waals surface area contributed by atoms with Gasteiger partial charge in [-0.1, -0.05) is 29.4 Å². The number of benzene rings is 1. The number of nitrogens with zero attached hydrogens (tertiary/aromatic N) is 2. The van der Waals surface area contributed by atoms with Gasteiger partial charge in [0.05, 0.1) is 6.04 Å². The van der Waals surface area contributed by atoms with Gasteiger partial charge in [-0.05, 0) is 36.4 Å². The SMILES string of the molecule is Cc1ccccc1C(C)NC(=O)CCc1nc(-c2ccsc2)no1. The molecule has 0 fully saturated rings. The van der Waals surface area contributed by atoms with Crippen molar-refractivity contribution >= 4 is 17.2 Å². The zero-order chi connectivity index (χ0) is 16.9. The second kappa shape index (κ2) is 7.40. The normalized spacial score (nSPS) is 12.1. The second-order valence-electron chi connectivity index (χ2n) is 5.67. The molecule has 3 aromatic rings. The molecule has 1 N–H and O–H groups in total. The Morgan fingerprint density at radius 3 is 2.92 bits per heavy atom. The summed E-state index contributed by atoms with van der Waals surface area (Å²) >= 11 is 1.58. The maximum Gasteiger partial charge on any atom is 0.227 e. The standard InChI is InChI=1S/C18H19N3O2S/c1-12-5-3-4-6-15(12)13(2)19-16(22)7-8-17-20-18(21-23-17)14-9-10-24-11-14/h3-6,9-11,13H,7-8H2,1-2H3,(H,19,22). The number of nitrogens with one attached hydrogen (secondary N) is 1. The number of hydrogen-bond donors (Lipinski definition) is 1. The van der Waals surface area contributed by atoms with Crippen molar-refractivity contribution in [2.75, 3.05) is 0 Å². The van der Waals surface area contributed by atoms with Crippen LogP contribution in [0, 0.1) is 6.92 Å². The van der Waals surface area contributed by atoms with Crippen LogP contribution in [0.3, 0.4) is 0 Å². The van der Waals surface area contributed by atoms with Crippen molar-refractivity contribution in [3.8, 4) is 11.4 Å². The Bertz CT molecular complexity index is 811. The van der Waals surface area contributed by atoms with Gasteiger partial charge >= 0.3 is 0 Å². The predicted octanol–water partition coefficient (Wildman–Crippen LogP) is 3.92. The Kier molecular flexibility index (Phi) is 5.05. The Labute approximate surface area is 144 Å². The van der Waals surface area contributed by atoms with Crippen LogP contribution in [-0.2, 0) is 11.2 Å². The Balaban J connectivity index is 1.53. The lowest BCUT2D eigenvalue weighted by atomic mass is 10.0. The summed E-state index contributed by atoms with van der Waals surface area (Å²) in [6.07, 6.45) is 0.755. The molecular weight excluding hydrogens is 322 g/mol. The fourth-order valence-electron chi connectivity index (χ4n) is 2.55. The first-order valence-electron chi connectivity index (χ1n) is 7.83. The molecule has 1 aromatic carbocycles. The highest BCUT2D eigenvalue weighted by molar-refractivity contribution is 7.08. The average Bonchev–Trinajstić information content (AvgIpc) is 3.24. The molecule has 0 bridgehead atoms. The summed E-state index contributed by atoms with van der Waals surface area (Å²) < 4.78 is 5.21. The van der Waals surface area contributed by atoms with Crippen LogP contribution in [0.2, 0.25) is 0 Å². The molecule has 24 heavy (non-hydrogen) atoms. The third-order valence-corrected chi connectivity index (χ3v) is 4.53. The van der Waals surface area contributed by atoms with Crippen LogP contribution in [0.5, 0.6) is 0 Å². The van der Waals surface area contributed by atoms with Gasteiger partial charge in [0.1, 0.15) is 0 Å². The quantitative estimate of drug-likeness (QED) is 0.738. The van der Waals surface area contributed by atoms with E-state index in [1.54, 1.807) is 11.3 Å². The fourth-order valence-corrected chi connectivity index (χ4v) is 3.18. The molecular formula is C18H19N3O2S. The van der Waals surface area contributed by atoms with Gasteiger partial charge in [0.25, 0.3) is 0 Å². The van der Waals surface area contributed by atoms with Crippen molar-refractivity contribution in [1.82, 2.24) is 15.5 Å². The van der Waals surface area contributed by atoms with Gasteiger partial charge in [-0.2, -0.15) is 16.3 Å². The first-order valence-corrected chi connectivity index (χ1v) is 8.78. The number of thiophene rings is 1. The minimum Gasteiger partial charge on any atom is -0.350 e. The number of hydrogen-bond acceptors (Lipinski definition) is 5. The summed E-state index contributed by atoms with van der Waals surface area (Å²) in [5.41, 5.74) is 3.23. The molecule has 2 aromatic heterocycles. The van der Waals surface area contributed by atoms with E-state index in [9.17, 15) is 4.79 Å². The van der Waals surface area contributed by atoms with Crippen molar-refractivity contribution in [3.63, 3.8) is 0 Å². The monoisotopic (exact) mass is 341 g/mol. The zero-order valence-corrected chi connectivity index (χ0v) is 14.5. The van der Waals surface area contributed by atoms with E-state index in [0.29, 0.717) is 24.6 Å². The van der Waals surface area contributed by atoms with Crippen LogP contribution in [0.1, 0.15) is 36.4 Å². The second-order valence-corrected chi connectivity index (χ2v) is 6.45. The lowest BCUT2D eigenvalue weighted by Gasteiger charge is -2.16. The van der Waals surface area contributed by atoms with Crippen molar-refractivity contribution in [2.45, 2.75) is 32.7 Å². The van der Waals surface area contributed by atoms with Crippen molar-refractivity contribution in [2.24, 2.45) is 0 Å². The fraction of sp³-hybridized carbons (Fsp3) is 0.278. The van der Waals surface area contributed by atoms with Crippen LogP contribution >= 0.6 is 11.3 Å². The van der Waals surface area contributed by atoms with Crippen LogP contribution in [-0.4, -0.2) is 16.0 Å². The van der Waals surface area contributed by atoms with Crippen LogP contribution < -0.4 is 5.32 Å². The number of aryl methyl sites for hydroxylation is 2. The summed E-state index contributed by atoms with van der Waals surface area (Å²) in [4.78, 5) is 16.5. The van der Waals surface area contributed by atoms with E-state index in [4.69, 9.17) is 4.52 Å². The summed E-state index contributed by atoms with van der Waals surface area (Å²) in [7, 11) is 0. The van der Waals surface area contributed by atoms with E-state index in [1.807, 2.05) is 54.9 Å². The van der Waals surface area contributed by atoms with E-state index in [2.05, 4.69) is 15.5 Å². The molecule has 3 rings (SSSR count). The largest absolute Gasteiger partial charge is 0.350 e. The Hall–Kier alpha value is -2.47. The third kappa shape index (κ3) is 3.89. The molecule has 1 unspecified atom stereocenters. The first-order chi connectivity index (χ1) is 11.6. The molecule has 0 aliphatic rings. The number of carbonyl (C=O) groups excluding carboxylic acids is 1. The molecule has 1 atom stereocenters. The van der Waals surface area contributed by atoms with Crippen molar-refractivity contribution < 1.29 is 9.32 Å². The Morgan fingerprint density at radius 2 is 2.17 bits per heavy atom. The van der Waals surface area contributed by atoms with E-state index in [0.717, 1.165) is 11.1 Å². The molecule has 0 spiro atoms. The molecule has 124 valence electrons. The molecule has 0 radical (unpaired) electrons. The maximum absolute atomic E-state index is 12.1. The summed E-state index contributed by atoms with van der Waals surface area (Å²) in [6, 6.07) is 9.97. The van der Waals surface area contributed by atoms with Crippen LogP contribution in [0.15, 0.2) is 45.6 Å². The van der Waals surface area contributed by atoms with E-state index in [1.165, 1.54) is 5.56 Å². The maximum atomic E-state index is 12.1. The topological polar surface area (TPSA) is 68.0 Å².